The van der Waals surface area contributed by atoms with Gasteiger partial charge in [0, 0.05) is 18.9 Å². The molecule has 0 spiro atoms. The van der Waals surface area contributed by atoms with Gasteiger partial charge < -0.3 is 9.67 Å². The van der Waals surface area contributed by atoms with Crippen LogP contribution in [0.1, 0.15) is 37.8 Å². The number of rotatable bonds is 1. The molecule has 1 aromatic heterocycles. The van der Waals surface area contributed by atoms with Crippen molar-refractivity contribution >= 4 is 0 Å². The molecular formula is C9H15N3O. The predicted octanol–water partition coefficient (Wildman–Crippen LogP) is 0.709. The molecule has 1 atom stereocenters. The molecule has 0 aromatic carbocycles. The van der Waals surface area contributed by atoms with Gasteiger partial charge in [0.15, 0.2) is 0 Å². The fraction of sp³-hybridized carbons (Fsp3) is 0.778. The smallest absolute Gasteiger partial charge is 0.135 e. The topological polar surface area (TPSA) is 50.9 Å². The molecule has 1 aliphatic heterocycles. The van der Waals surface area contributed by atoms with Crippen molar-refractivity contribution in [2.24, 2.45) is 0 Å². The van der Waals surface area contributed by atoms with Crippen molar-refractivity contribution in [3.8, 4) is 0 Å². The van der Waals surface area contributed by atoms with Crippen molar-refractivity contribution in [2.75, 3.05) is 0 Å². The second kappa shape index (κ2) is 3.10. The number of aliphatic hydroxyl groups is 1. The summed E-state index contributed by atoms with van der Waals surface area (Å²) in [6, 6.07) is 0. The van der Waals surface area contributed by atoms with Gasteiger partial charge in [-0.25, -0.2) is 0 Å². The lowest BCUT2D eigenvalue weighted by atomic mass is 10.1. The van der Waals surface area contributed by atoms with Crippen LogP contribution < -0.4 is 0 Å². The molecule has 4 heteroatoms. The Hall–Kier alpha value is -0.900. The first-order chi connectivity index (χ1) is 6.18. The quantitative estimate of drug-likeness (QED) is 0.694. The van der Waals surface area contributed by atoms with E-state index >= 15 is 0 Å². The Morgan fingerprint density at radius 1 is 1.46 bits per heavy atom. The maximum atomic E-state index is 9.42. The van der Waals surface area contributed by atoms with Crippen LogP contribution in [-0.4, -0.2) is 26.0 Å². The van der Waals surface area contributed by atoms with Crippen molar-refractivity contribution in [3.63, 3.8) is 0 Å². The highest BCUT2D eigenvalue weighted by molar-refractivity contribution is 5.03. The third-order valence-electron chi connectivity index (χ3n) is 2.48. The van der Waals surface area contributed by atoms with Gasteiger partial charge in [-0.05, 0) is 6.42 Å². The minimum atomic E-state index is -0.225. The van der Waals surface area contributed by atoms with Gasteiger partial charge >= 0.3 is 0 Å². The fourth-order valence-electron chi connectivity index (χ4n) is 1.76. The minimum Gasteiger partial charge on any atom is -0.393 e. The zero-order valence-corrected chi connectivity index (χ0v) is 8.06. The Morgan fingerprint density at radius 2 is 2.23 bits per heavy atom. The molecule has 2 heterocycles. The Kier molecular flexibility index (Phi) is 2.07. The van der Waals surface area contributed by atoms with Crippen LogP contribution in [0.4, 0.5) is 0 Å². The summed E-state index contributed by atoms with van der Waals surface area (Å²) in [5.74, 6) is 2.39. The molecule has 2 rings (SSSR count). The second-order valence-corrected chi connectivity index (χ2v) is 3.93. The molecule has 1 aromatic rings. The van der Waals surface area contributed by atoms with Crippen LogP contribution in [-0.2, 0) is 13.0 Å². The van der Waals surface area contributed by atoms with E-state index < -0.39 is 0 Å². The Labute approximate surface area is 77.6 Å². The van der Waals surface area contributed by atoms with Crippen LogP contribution in [0.5, 0.6) is 0 Å². The summed E-state index contributed by atoms with van der Waals surface area (Å²) in [6.07, 6.45) is 1.25. The highest BCUT2D eigenvalue weighted by Gasteiger charge is 2.22. The number of aromatic nitrogens is 3. The monoisotopic (exact) mass is 181 g/mol. The standard InChI is InChI=1S/C9H15N3O/c1-6(2)9-11-10-8-5-7(13)3-4-12(8)9/h6-7,13H,3-5H2,1-2H3. The Morgan fingerprint density at radius 3 is 2.92 bits per heavy atom. The van der Waals surface area contributed by atoms with E-state index in [1.165, 1.54) is 0 Å². The summed E-state index contributed by atoms with van der Waals surface area (Å²) in [7, 11) is 0. The zero-order valence-electron chi connectivity index (χ0n) is 8.06. The van der Waals surface area contributed by atoms with Crippen LogP contribution in [0.3, 0.4) is 0 Å². The summed E-state index contributed by atoms with van der Waals surface area (Å²) in [6.45, 7) is 5.08. The van der Waals surface area contributed by atoms with Gasteiger partial charge in [0.05, 0.1) is 6.10 Å². The molecule has 0 radical (unpaired) electrons. The van der Waals surface area contributed by atoms with Crippen LogP contribution in [0, 0.1) is 0 Å². The minimum absolute atomic E-state index is 0.225. The van der Waals surface area contributed by atoms with Gasteiger partial charge in [-0.1, -0.05) is 13.8 Å². The van der Waals surface area contributed by atoms with E-state index in [0.717, 1.165) is 24.6 Å². The maximum absolute atomic E-state index is 9.42. The van der Waals surface area contributed by atoms with Crippen molar-refractivity contribution in [1.29, 1.82) is 0 Å². The first-order valence-electron chi connectivity index (χ1n) is 4.78. The van der Waals surface area contributed by atoms with Crippen LogP contribution in [0.25, 0.3) is 0 Å². The lowest BCUT2D eigenvalue weighted by molar-refractivity contribution is 0.141. The van der Waals surface area contributed by atoms with Crippen molar-refractivity contribution < 1.29 is 5.11 Å². The van der Waals surface area contributed by atoms with E-state index in [2.05, 4.69) is 28.6 Å². The SMILES string of the molecule is CC(C)c1nnc2n1CCC(O)C2. The van der Waals surface area contributed by atoms with E-state index in [1.54, 1.807) is 0 Å². The molecule has 1 unspecified atom stereocenters. The van der Waals surface area contributed by atoms with Gasteiger partial charge in [0.1, 0.15) is 11.6 Å². The second-order valence-electron chi connectivity index (χ2n) is 3.93. The number of fused-ring (bicyclic) bond motifs is 1. The summed E-state index contributed by atoms with van der Waals surface area (Å²) >= 11 is 0. The third-order valence-corrected chi connectivity index (χ3v) is 2.48. The Bertz CT molecular complexity index is 306. The third kappa shape index (κ3) is 1.46. The molecule has 72 valence electrons. The Balaban J connectivity index is 2.33. The molecule has 0 fully saturated rings. The van der Waals surface area contributed by atoms with E-state index in [0.29, 0.717) is 12.3 Å². The molecular weight excluding hydrogens is 166 g/mol. The van der Waals surface area contributed by atoms with Crippen molar-refractivity contribution in [2.45, 2.75) is 45.3 Å². The van der Waals surface area contributed by atoms with Crippen LogP contribution >= 0.6 is 0 Å². The summed E-state index contributed by atoms with van der Waals surface area (Å²) in [4.78, 5) is 0. The molecule has 0 saturated heterocycles. The highest BCUT2D eigenvalue weighted by Crippen LogP contribution is 2.19. The largest absolute Gasteiger partial charge is 0.393 e. The maximum Gasteiger partial charge on any atom is 0.135 e. The van der Waals surface area contributed by atoms with Crippen LogP contribution in [0.15, 0.2) is 0 Å². The number of hydrogen-bond donors (Lipinski definition) is 1. The number of aliphatic hydroxyl groups excluding tert-OH is 1. The molecule has 1 aliphatic rings. The van der Waals surface area contributed by atoms with Gasteiger partial charge in [-0.15, -0.1) is 10.2 Å². The van der Waals surface area contributed by atoms with E-state index in [4.69, 9.17) is 0 Å². The average Bonchev–Trinajstić information content (AvgIpc) is 2.46. The lowest BCUT2D eigenvalue weighted by Crippen LogP contribution is -2.24. The average molecular weight is 181 g/mol. The molecule has 4 nitrogen and oxygen atoms in total. The summed E-state index contributed by atoms with van der Waals surface area (Å²) < 4.78 is 2.14. The number of nitrogens with zero attached hydrogens (tertiary/aromatic N) is 3. The van der Waals surface area contributed by atoms with Gasteiger partial charge in [-0.2, -0.15) is 0 Å². The van der Waals surface area contributed by atoms with E-state index in [9.17, 15) is 5.11 Å². The molecule has 13 heavy (non-hydrogen) atoms. The van der Waals surface area contributed by atoms with Crippen LogP contribution in [0.2, 0.25) is 0 Å². The summed E-state index contributed by atoms with van der Waals surface area (Å²) in [5, 5.41) is 17.6. The molecule has 1 N–H and O–H groups in total. The fourth-order valence-corrected chi connectivity index (χ4v) is 1.76. The first kappa shape index (κ1) is 8.69. The van der Waals surface area contributed by atoms with E-state index in [-0.39, 0.29) is 6.10 Å². The first-order valence-corrected chi connectivity index (χ1v) is 4.78. The van der Waals surface area contributed by atoms with Gasteiger partial charge in [-0.3, -0.25) is 0 Å². The molecule has 0 aliphatic carbocycles. The van der Waals surface area contributed by atoms with E-state index in [1.807, 2.05) is 0 Å². The zero-order chi connectivity index (χ0) is 9.42. The molecule has 0 bridgehead atoms. The number of hydrogen-bond acceptors (Lipinski definition) is 3. The molecule has 0 saturated carbocycles. The summed E-state index contributed by atoms with van der Waals surface area (Å²) in [5.41, 5.74) is 0. The van der Waals surface area contributed by atoms with Gasteiger partial charge in [0.2, 0.25) is 0 Å². The predicted molar refractivity (Wildman–Crippen MR) is 48.4 cm³/mol. The normalized spacial score (nSPS) is 22.0. The molecule has 0 amide bonds. The van der Waals surface area contributed by atoms with Crippen molar-refractivity contribution in [3.05, 3.63) is 11.6 Å². The van der Waals surface area contributed by atoms with Crippen molar-refractivity contribution in [1.82, 2.24) is 14.8 Å². The highest BCUT2D eigenvalue weighted by atomic mass is 16.3. The van der Waals surface area contributed by atoms with Gasteiger partial charge in [0.25, 0.3) is 0 Å². The lowest BCUT2D eigenvalue weighted by Gasteiger charge is -2.20.